The molecule has 6 heteroatoms. The predicted molar refractivity (Wildman–Crippen MR) is 137 cm³/mol. The van der Waals surface area contributed by atoms with E-state index in [2.05, 4.69) is 40.5 Å². The Hall–Kier alpha value is -2.89. The third-order valence-electron chi connectivity index (χ3n) is 6.84. The first-order valence-electron chi connectivity index (χ1n) is 12.3. The smallest absolute Gasteiger partial charge is 0.254 e. The first-order chi connectivity index (χ1) is 17.0. The summed E-state index contributed by atoms with van der Waals surface area (Å²) in [4.78, 5) is 14.7. The van der Waals surface area contributed by atoms with Crippen LogP contribution >= 0.6 is 11.6 Å². The Kier molecular flexibility index (Phi) is 7.07. The van der Waals surface area contributed by atoms with Crippen LogP contribution in [0, 0.1) is 11.7 Å². The van der Waals surface area contributed by atoms with Crippen molar-refractivity contribution in [1.82, 2.24) is 10.2 Å². The van der Waals surface area contributed by atoms with Crippen LogP contribution in [0.4, 0.5) is 4.39 Å². The number of likely N-dealkylation sites (tertiary alicyclic amines) is 1. The molecule has 4 nitrogen and oxygen atoms in total. The lowest BCUT2D eigenvalue weighted by Gasteiger charge is -2.44. The molecule has 1 saturated carbocycles. The number of nitrogens with zero attached hydrogens (tertiary/aromatic N) is 1. The monoisotopic (exact) mass is 492 g/mol. The van der Waals surface area contributed by atoms with E-state index >= 15 is 0 Å². The minimum absolute atomic E-state index is 0.0805. The zero-order chi connectivity index (χ0) is 24.4. The number of hydrogen-bond acceptors (Lipinski definition) is 3. The van der Waals surface area contributed by atoms with E-state index in [0.717, 1.165) is 42.1 Å². The summed E-state index contributed by atoms with van der Waals surface area (Å²) >= 11 is 6.58. The third kappa shape index (κ3) is 5.21. The van der Waals surface area contributed by atoms with Crippen LogP contribution in [0.25, 0.3) is 0 Å². The molecule has 5 rings (SSSR count). The molecule has 0 aromatic heterocycles. The second-order valence-electron chi connectivity index (χ2n) is 9.47. The molecular weight excluding hydrogens is 463 g/mol. The van der Waals surface area contributed by atoms with E-state index in [9.17, 15) is 9.18 Å². The summed E-state index contributed by atoms with van der Waals surface area (Å²) in [6.45, 7) is 4.53. The maximum absolute atomic E-state index is 14.7. The summed E-state index contributed by atoms with van der Waals surface area (Å²) in [5.74, 6) is 0.344. The van der Waals surface area contributed by atoms with Gasteiger partial charge in [-0.1, -0.05) is 60.1 Å². The van der Waals surface area contributed by atoms with E-state index in [1.165, 1.54) is 11.6 Å². The number of ether oxygens (including phenoxy) is 1. The first-order valence-corrected chi connectivity index (χ1v) is 12.7. The summed E-state index contributed by atoms with van der Waals surface area (Å²) in [7, 11) is 0. The lowest BCUT2D eigenvalue weighted by Crippen LogP contribution is -2.51. The van der Waals surface area contributed by atoms with Crippen molar-refractivity contribution in [2.24, 2.45) is 5.92 Å². The van der Waals surface area contributed by atoms with Gasteiger partial charge in [-0.25, -0.2) is 4.39 Å². The van der Waals surface area contributed by atoms with Gasteiger partial charge >= 0.3 is 0 Å². The van der Waals surface area contributed by atoms with Gasteiger partial charge in [0.05, 0.1) is 18.2 Å². The molecule has 1 aliphatic carbocycles. The van der Waals surface area contributed by atoms with E-state index in [-0.39, 0.29) is 17.5 Å². The highest BCUT2D eigenvalue weighted by Crippen LogP contribution is 2.45. The summed E-state index contributed by atoms with van der Waals surface area (Å²) < 4.78 is 20.9. The van der Waals surface area contributed by atoms with Gasteiger partial charge in [-0.2, -0.15) is 0 Å². The Morgan fingerprint density at radius 3 is 2.51 bits per heavy atom. The first kappa shape index (κ1) is 23.8. The zero-order valence-corrected chi connectivity index (χ0v) is 20.6. The van der Waals surface area contributed by atoms with E-state index in [1.54, 1.807) is 6.07 Å². The molecule has 2 aliphatic rings. The molecule has 2 fully saturated rings. The van der Waals surface area contributed by atoms with E-state index in [4.69, 9.17) is 16.3 Å². The molecule has 0 bridgehead atoms. The van der Waals surface area contributed by atoms with Crippen LogP contribution < -0.4 is 10.1 Å². The average Bonchev–Trinajstić information content (AvgIpc) is 3.67. The SMILES string of the molecule is CCNC(=O)c1cc(C2CC2)c(OCC2CN([C@@H](c3ccccc3)c3ccccc3Cl)C2)cc1F. The second kappa shape index (κ2) is 10.4. The quantitative estimate of drug-likeness (QED) is 0.386. The van der Waals surface area contributed by atoms with Gasteiger partial charge in [-0.05, 0) is 54.5 Å². The third-order valence-corrected chi connectivity index (χ3v) is 7.18. The molecule has 1 saturated heterocycles. The zero-order valence-electron chi connectivity index (χ0n) is 19.8. The maximum Gasteiger partial charge on any atom is 0.254 e. The van der Waals surface area contributed by atoms with Crippen molar-refractivity contribution in [1.29, 1.82) is 0 Å². The number of rotatable bonds is 9. The normalized spacial score (nSPS) is 17.0. The second-order valence-corrected chi connectivity index (χ2v) is 9.88. The Labute approximate surface area is 211 Å². The Bertz CT molecular complexity index is 1190. The molecule has 1 N–H and O–H groups in total. The minimum atomic E-state index is -0.534. The van der Waals surface area contributed by atoms with Gasteiger partial charge in [0.1, 0.15) is 11.6 Å². The molecule has 1 aliphatic heterocycles. The number of halogens is 2. The fraction of sp³-hybridized carbons (Fsp3) is 0.345. The van der Waals surface area contributed by atoms with Crippen molar-refractivity contribution < 1.29 is 13.9 Å². The lowest BCUT2D eigenvalue weighted by atomic mass is 9.90. The summed E-state index contributed by atoms with van der Waals surface area (Å²) in [5, 5.41) is 3.45. The molecule has 1 amide bonds. The van der Waals surface area contributed by atoms with Crippen molar-refractivity contribution in [3.05, 3.63) is 99.8 Å². The molecule has 0 spiro atoms. The molecule has 0 radical (unpaired) electrons. The van der Waals surface area contributed by atoms with Crippen molar-refractivity contribution >= 4 is 17.5 Å². The van der Waals surface area contributed by atoms with Gasteiger partial charge in [0, 0.05) is 36.6 Å². The van der Waals surface area contributed by atoms with Crippen LogP contribution in [0.15, 0.2) is 66.7 Å². The molecule has 3 aromatic rings. The van der Waals surface area contributed by atoms with Crippen LogP contribution in [0.2, 0.25) is 5.02 Å². The van der Waals surface area contributed by atoms with Crippen LogP contribution in [0.3, 0.4) is 0 Å². The molecule has 0 unspecified atom stereocenters. The molecule has 182 valence electrons. The van der Waals surface area contributed by atoms with Crippen LogP contribution in [-0.4, -0.2) is 37.0 Å². The van der Waals surface area contributed by atoms with Crippen molar-refractivity contribution in [2.75, 3.05) is 26.2 Å². The maximum atomic E-state index is 14.7. The van der Waals surface area contributed by atoms with Gasteiger partial charge in [-0.15, -0.1) is 0 Å². The largest absolute Gasteiger partial charge is 0.493 e. The van der Waals surface area contributed by atoms with Crippen molar-refractivity contribution in [2.45, 2.75) is 31.7 Å². The van der Waals surface area contributed by atoms with Crippen molar-refractivity contribution in [3.8, 4) is 5.75 Å². The van der Waals surface area contributed by atoms with E-state index < -0.39 is 5.82 Å². The fourth-order valence-corrected chi connectivity index (χ4v) is 5.13. The van der Waals surface area contributed by atoms with E-state index in [0.29, 0.717) is 30.7 Å². The molecule has 3 aromatic carbocycles. The summed E-state index contributed by atoms with van der Waals surface area (Å²) in [6, 6.07) is 21.6. The molecule has 1 atom stereocenters. The highest BCUT2D eigenvalue weighted by atomic mass is 35.5. The fourth-order valence-electron chi connectivity index (χ4n) is 4.89. The molecule has 1 heterocycles. The number of nitrogens with one attached hydrogen (secondary N) is 1. The Balaban J connectivity index is 1.28. The van der Waals surface area contributed by atoms with Crippen LogP contribution in [0.5, 0.6) is 5.75 Å². The number of amides is 1. The van der Waals surface area contributed by atoms with Gasteiger partial charge < -0.3 is 10.1 Å². The summed E-state index contributed by atoms with van der Waals surface area (Å²) in [5.41, 5.74) is 3.35. The van der Waals surface area contributed by atoms with Crippen molar-refractivity contribution in [3.63, 3.8) is 0 Å². The van der Waals surface area contributed by atoms with Gasteiger partial charge in [0.15, 0.2) is 0 Å². The van der Waals surface area contributed by atoms with Crippen LogP contribution in [-0.2, 0) is 0 Å². The highest BCUT2D eigenvalue weighted by Gasteiger charge is 2.36. The van der Waals surface area contributed by atoms with E-state index in [1.807, 2.05) is 31.2 Å². The molecule has 35 heavy (non-hydrogen) atoms. The minimum Gasteiger partial charge on any atom is -0.493 e. The Morgan fingerprint density at radius 1 is 1.11 bits per heavy atom. The summed E-state index contributed by atoms with van der Waals surface area (Å²) in [6.07, 6.45) is 2.09. The number of hydrogen-bond donors (Lipinski definition) is 1. The number of carbonyl (C=O) groups excluding carboxylic acids is 1. The number of carbonyl (C=O) groups is 1. The van der Waals surface area contributed by atoms with Crippen LogP contribution in [0.1, 0.15) is 58.8 Å². The van der Waals surface area contributed by atoms with Gasteiger partial charge in [-0.3, -0.25) is 9.69 Å². The Morgan fingerprint density at radius 2 is 1.83 bits per heavy atom. The lowest BCUT2D eigenvalue weighted by molar-refractivity contribution is 0.0376. The predicted octanol–water partition coefficient (Wildman–Crippen LogP) is 6.21. The van der Waals surface area contributed by atoms with Gasteiger partial charge in [0.2, 0.25) is 0 Å². The highest BCUT2D eigenvalue weighted by molar-refractivity contribution is 6.31. The number of benzene rings is 3. The average molecular weight is 493 g/mol. The standard InChI is InChI=1S/C29H30ClFN2O2/c1-2-32-29(34)24-14-23(20-12-13-20)27(15-26(24)31)35-18-19-16-33(17-19)28(21-8-4-3-5-9-21)22-10-6-7-11-25(22)30/h3-11,14-15,19-20,28H,2,12-13,16-18H2,1H3,(H,32,34)/t28-/m0/s1. The topological polar surface area (TPSA) is 41.6 Å². The van der Waals surface area contributed by atoms with Gasteiger partial charge in [0.25, 0.3) is 5.91 Å². The molecular formula is C29H30ClFN2O2.